The Hall–Kier alpha value is -2.44. The van der Waals surface area contributed by atoms with E-state index < -0.39 is 0 Å². The summed E-state index contributed by atoms with van der Waals surface area (Å²) in [4.78, 5) is 21.0. The van der Waals surface area contributed by atoms with Crippen LogP contribution in [0.3, 0.4) is 0 Å². The van der Waals surface area contributed by atoms with Crippen molar-refractivity contribution < 1.29 is 9.21 Å². The molecule has 1 saturated carbocycles. The maximum atomic E-state index is 12.9. The van der Waals surface area contributed by atoms with Crippen molar-refractivity contribution in [3.8, 4) is 0 Å². The summed E-state index contributed by atoms with van der Waals surface area (Å²) in [6, 6.07) is 1.88. The second kappa shape index (κ2) is 5.82. The SMILES string of the molecule is Cc1nnc(C2CC23CCN(C(=O)c2cnccc2N(C)C)CC3)o1. The normalized spacial score (nSPS) is 21.4. The number of carbonyl (C=O) groups is 1. The molecule has 0 aromatic carbocycles. The largest absolute Gasteiger partial charge is 0.425 e. The van der Waals surface area contributed by atoms with Gasteiger partial charge in [0.1, 0.15) is 0 Å². The minimum Gasteiger partial charge on any atom is -0.425 e. The fourth-order valence-electron chi connectivity index (χ4n) is 3.97. The number of aryl methyl sites for hydroxylation is 1. The molecule has 0 N–H and O–H groups in total. The Balaban J connectivity index is 1.44. The van der Waals surface area contributed by atoms with E-state index in [1.54, 1.807) is 12.4 Å². The predicted molar refractivity (Wildman–Crippen MR) is 92.5 cm³/mol. The molecule has 1 saturated heterocycles. The molecule has 7 heteroatoms. The van der Waals surface area contributed by atoms with Crippen LogP contribution in [0.2, 0.25) is 0 Å². The topological polar surface area (TPSA) is 75.4 Å². The van der Waals surface area contributed by atoms with Crippen molar-refractivity contribution >= 4 is 11.6 Å². The number of anilines is 1. The Bertz CT molecular complexity index is 792. The minimum atomic E-state index is 0.0671. The number of aromatic nitrogens is 3. The minimum absolute atomic E-state index is 0.0671. The number of rotatable bonds is 3. The third-order valence-corrected chi connectivity index (χ3v) is 5.59. The highest BCUT2D eigenvalue weighted by Crippen LogP contribution is 2.64. The number of amides is 1. The molecule has 0 radical (unpaired) electrons. The summed E-state index contributed by atoms with van der Waals surface area (Å²) in [6.45, 7) is 3.36. The van der Waals surface area contributed by atoms with Gasteiger partial charge in [-0.25, -0.2) is 0 Å². The lowest BCUT2D eigenvalue weighted by Crippen LogP contribution is -2.40. The summed E-state index contributed by atoms with van der Waals surface area (Å²) < 4.78 is 5.60. The van der Waals surface area contributed by atoms with Gasteiger partial charge in [-0.3, -0.25) is 9.78 Å². The van der Waals surface area contributed by atoms with Gasteiger partial charge < -0.3 is 14.2 Å². The Labute approximate surface area is 147 Å². The predicted octanol–water partition coefficient (Wildman–Crippen LogP) is 2.25. The van der Waals surface area contributed by atoms with Crippen LogP contribution in [0, 0.1) is 12.3 Å². The fraction of sp³-hybridized carbons (Fsp3) is 0.556. The molecule has 1 atom stereocenters. The molecule has 0 bridgehead atoms. The first-order valence-electron chi connectivity index (χ1n) is 8.71. The van der Waals surface area contributed by atoms with E-state index in [1.807, 2.05) is 36.9 Å². The van der Waals surface area contributed by atoms with E-state index in [0.29, 0.717) is 17.4 Å². The average molecular weight is 341 g/mol. The summed E-state index contributed by atoms with van der Waals surface area (Å²) in [5, 5.41) is 8.12. The second-order valence-corrected chi connectivity index (χ2v) is 7.36. The molecule has 2 fully saturated rings. The van der Waals surface area contributed by atoms with Crippen molar-refractivity contribution in [3.05, 3.63) is 35.8 Å². The molecule has 1 spiro atoms. The van der Waals surface area contributed by atoms with Gasteiger partial charge in [0.15, 0.2) is 0 Å². The van der Waals surface area contributed by atoms with Crippen LogP contribution in [0.5, 0.6) is 0 Å². The van der Waals surface area contributed by atoms with E-state index in [-0.39, 0.29) is 11.3 Å². The quantitative estimate of drug-likeness (QED) is 0.852. The first kappa shape index (κ1) is 16.1. The van der Waals surface area contributed by atoms with Gasteiger partial charge >= 0.3 is 0 Å². The van der Waals surface area contributed by atoms with E-state index >= 15 is 0 Å². The van der Waals surface area contributed by atoms with E-state index in [0.717, 1.165) is 43.9 Å². The molecule has 7 nitrogen and oxygen atoms in total. The van der Waals surface area contributed by atoms with Crippen LogP contribution in [0.1, 0.15) is 47.3 Å². The molecule has 3 heterocycles. The third kappa shape index (κ3) is 2.77. The van der Waals surface area contributed by atoms with Crippen molar-refractivity contribution in [1.82, 2.24) is 20.1 Å². The summed E-state index contributed by atoms with van der Waals surface area (Å²) >= 11 is 0. The smallest absolute Gasteiger partial charge is 0.257 e. The standard InChI is InChI=1S/C18H23N5O2/c1-12-20-21-16(25-12)14-10-18(14)5-8-23(9-6-18)17(24)13-11-19-7-4-15(13)22(2)3/h4,7,11,14H,5-6,8-10H2,1-3H3. The van der Waals surface area contributed by atoms with Crippen LogP contribution in [-0.4, -0.2) is 53.2 Å². The molecule has 132 valence electrons. The zero-order valence-corrected chi connectivity index (χ0v) is 14.9. The highest BCUT2D eigenvalue weighted by atomic mass is 16.4. The molecule has 4 rings (SSSR count). The van der Waals surface area contributed by atoms with Crippen LogP contribution in [-0.2, 0) is 0 Å². The van der Waals surface area contributed by atoms with Gasteiger partial charge in [-0.05, 0) is 30.7 Å². The lowest BCUT2D eigenvalue weighted by molar-refractivity contribution is 0.0673. The highest BCUT2D eigenvalue weighted by Gasteiger charge is 2.58. The first-order valence-corrected chi connectivity index (χ1v) is 8.71. The molecule has 1 amide bonds. The highest BCUT2D eigenvalue weighted by molar-refractivity contribution is 5.99. The molecule has 1 aliphatic heterocycles. The summed E-state index contributed by atoms with van der Waals surface area (Å²) in [5.41, 5.74) is 1.82. The summed E-state index contributed by atoms with van der Waals surface area (Å²) in [7, 11) is 3.89. The van der Waals surface area contributed by atoms with E-state index in [4.69, 9.17) is 4.42 Å². The van der Waals surface area contributed by atoms with Crippen LogP contribution in [0.25, 0.3) is 0 Å². The van der Waals surface area contributed by atoms with Crippen LogP contribution < -0.4 is 4.90 Å². The fourth-order valence-corrected chi connectivity index (χ4v) is 3.97. The van der Waals surface area contributed by atoms with E-state index in [2.05, 4.69) is 15.2 Å². The van der Waals surface area contributed by atoms with Crippen molar-refractivity contribution in [2.75, 3.05) is 32.1 Å². The van der Waals surface area contributed by atoms with Gasteiger partial charge in [0.25, 0.3) is 5.91 Å². The van der Waals surface area contributed by atoms with Gasteiger partial charge in [0.05, 0.1) is 11.3 Å². The Morgan fingerprint density at radius 2 is 2.08 bits per heavy atom. The molecule has 1 aliphatic carbocycles. The molecule has 25 heavy (non-hydrogen) atoms. The number of hydrogen-bond donors (Lipinski definition) is 0. The number of likely N-dealkylation sites (tertiary alicyclic amines) is 1. The molecular weight excluding hydrogens is 318 g/mol. The van der Waals surface area contributed by atoms with Crippen molar-refractivity contribution in [2.24, 2.45) is 5.41 Å². The lowest BCUT2D eigenvalue weighted by atomic mass is 9.90. The zero-order chi connectivity index (χ0) is 17.6. The number of hydrogen-bond acceptors (Lipinski definition) is 6. The molecule has 2 aromatic rings. The Morgan fingerprint density at radius 3 is 2.72 bits per heavy atom. The maximum Gasteiger partial charge on any atom is 0.257 e. The number of carbonyl (C=O) groups excluding carboxylic acids is 1. The van der Waals surface area contributed by atoms with Gasteiger partial charge in [0.2, 0.25) is 11.8 Å². The number of piperidine rings is 1. The third-order valence-electron chi connectivity index (χ3n) is 5.59. The van der Waals surface area contributed by atoms with Crippen molar-refractivity contribution in [2.45, 2.75) is 32.1 Å². The lowest BCUT2D eigenvalue weighted by Gasteiger charge is -2.33. The summed E-state index contributed by atoms with van der Waals surface area (Å²) in [6.07, 6.45) is 6.46. The Kier molecular flexibility index (Phi) is 3.74. The zero-order valence-electron chi connectivity index (χ0n) is 14.9. The van der Waals surface area contributed by atoms with E-state index in [9.17, 15) is 4.79 Å². The second-order valence-electron chi connectivity index (χ2n) is 7.36. The van der Waals surface area contributed by atoms with Crippen LogP contribution in [0.15, 0.2) is 22.9 Å². The van der Waals surface area contributed by atoms with Crippen LogP contribution >= 0.6 is 0 Å². The van der Waals surface area contributed by atoms with Crippen LogP contribution in [0.4, 0.5) is 5.69 Å². The monoisotopic (exact) mass is 341 g/mol. The molecule has 2 aliphatic rings. The molecular formula is C18H23N5O2. The van der Waals surface area contributed by atoms with Gasteiger partial charge in [-0.2, -0.15) is 0 Å². The molecule has 1 unspecified atom stereocenters. The van der Waals surface area contributed by atoms with Crippen molar-refractivity contribution in [1.29, 1.82) is 0 Å². The van der Waals surface area contributed by atoms with Gasteiger partial charge in [-0.15, -0.1) is 10.2 Å². The first-order chi connectivity index (χ1) is 12.0. The summed E-state index contributed by atoms with van der Waals surface area (Å²) in [5.74, 6) is 1.82. The Morgan fingerprint density at radius 1 is 1.32 bits per heavy atom. The van der Waals surface area contributed by atoms with Crippen molar-refractivity contribution in [3.63, 3.8) is 0 Å². The van der Waals surface area contributed by atoms with E-state index in [1.165, 1.54) is 0 Å². The van der Waals surface area contributed by atoms with Gasteiger partial charge in [-0.1, -0.05) is 0 Å². The number of pyridine rings is 1. The number of nitrogens with zero attached hydrogens (tertiary/aromatic N) is 5. The average Bonchev–Trinajstić information content (AvgIpc) is 3.13. The maximum absolute atomic E-state index is 12.9. The molecule has 2 aromatic heterocycles. The van der Waals surface area contributed by atoms with Gasteiger partial charge in [0, 0.05) is 52.4 Å².